The largest absolute Gasteiger partial charge is 0.330 e. The van der Waals surface area contributed by atoms with Crippen LogP contribution < -0.4 is 5.73 Å². The topological polar surface area (TPSA) is 29.3 Å². The maximum absolute atomic E-state index is 5.66. The minimum atomic E-state index is 0.437. The first-order chi connectivity index (χ1) is 4.66. The summed E-state index contributed by atoms with van der Waals surface area (Å²) in [6.07, 6.45) is 2.53. The highest BCUT2D eigenvalue weighted by atomic mass is 15.1. The maximum Gasteiger partial charge on any atom is -0.00161 e. The minimum absolute atomic E-state index is 0.437. The zero-order valence-electron chi connectivity index (χ0n) is 7.06. The number of hydrogen-bond acceptors (Lipinski definition) is 2. The number of nitrogens with zero attached hydrogens (tertiary/aromatic N) is 1. The summed E-state index contributed by atoms with van der Waals surface area (Å²) in [6, 6.07) is 0. The van der Waals surface area contributed by atoms with E-state index in [1.165, 1.54) is 25.9 Å². The molecular formula is C8H18N2. The first-order valence-corrected chi connectivity index (χ1v) is 4.05. The summed E-state index contributed by atoms with van der Waals surface area (Å²) < 4.78 is 0. The van der Waals surface area contributed by atoms with Crippen LogP contribution in [-0.2, 0) is 0 Å². The summed E-state index contributed by atoms with van der Waals surface area (Å²) in [5.74, 6) is 0. The second-order valence-corrected chi connectivity index (χ2v) is 3.82. The number of likely N-dealkylation sites (tertiary alicyclic amines) is 1. The molecule has 1 heterocycles. The molecule has 0 aliphatic carbocycles. The summed E-state index contributed by atoms with van der Waals surface area (Å²) in [6.45, 7) is 5.57. The van der Waals surface area contributed by atoms with Gasteiger partial charge in [0.25, 0.3) is 0 Å². The van der Waals surface area contributed by atoms with Crippen molar-refractivity contribution in [1.29, 1.82) is 0 Å². The van der Waals surface area contributed by atoms with Gasteiger partial charge in [-0.3, -0.25) is 0 Å². The Balaban J connectivity index is 2.38. The lowest BCUT2D eigenvalue weighted by Crippen LogP contribution is -2.40. The van der Waals surface area contributed by atoms with E-state index in [-0.39, 0.29) is 0 Å². The fourth-order valence-electron chi connectivity index (χ4n) is 1.36. The van der Waals surface area contributed by atoms with E-state index in [0.717, 1.165) is 6.54 Å². The highest BCUT2D eigenvalue weighted by Gasteiger charge is 2.26. The van der Waals surface area contributed by atoms with Crippen molar-refractivity contribution in [1.82, 2.24) is 4.90 Å². The van der Waals surface area contributed by atoms with E-state index in [9.17, 15) is 0 Å². The van der Waals surface area contributed by atoms with Crippen LogP contribution in [0.5, 0.6) is 0 Å². The Morgan fingerprint density at radius 3 is 2.30 bits per heavy atom. The Kier molecular flexibility index (Phi) is 2.32. The van der Waals surface area contributed by atoms with Gasteiger partial charge in [0, 0.05) is 0 Å². The first kappa shape index (κ1) is 8.02. The lowest BCUT2D eigenvalue weighted by atomic mass is 9.81. The smallest absolute Gasteiger partial charge is 0.00161 e. The highest BCUT2D eigenvalue weighted by molar-refractivity contribution is 4.81. The van der Waals surface area contributed by atoms with Crippen LogP contribution in [0, 0.1) is 5.41 Å². The minimum Gasteiger partial charge on any atom is -0.330 e. The van der Waals surface area contributed by atoms with E-state index in [4.69, 9.17) is 5.73 Å². The Morgan fingerprint density at radius 2 is 1.90 bits per heavy atom. The molecule has 0 bridgehead atoms. The number of rotatable bonds is 1. The fraction of sp³-hybridized carbons (Fsp3) is 1.00. The maximum atomic E-state index is 5.66. The van der Waals surface area contributed by atoms with Gasteiger partial charge in [0.15, 0.2) is 0 Å². The zero-order valence-corrected chi connectivity index (χ0v) is 7.06. The van der Waals surface area contributed by atoms with Gasteiger partial charge in [0.2, 0.25) is 0 Å². The van der Waals surface area contributed by atoms with Crippen LogP contribution in [0.3, 0.4) is 0 Å². The van der Waals surface area contributed by atoms with Crippen LogP contribution >= 0.6 is 0 Å². The summed E-state index contributed by atoms with van der Waals surface area (Å²) in [7, 11) is 2.18. The molecule has 0 aromatic carbocycles. The van der Waals surface area contributed by atoms with Crippen LogP contribution in [0.4, 0.5) is 0 Å². The fourth-order valence-corrected chi connectivity index (χ4v) is 1.36. The summed E-state index contributed by atoms with van der Waals surface area (Å²) in [5.41, 5.74) is 6.10. The number of nitrogens with two attached hydrogens (primary N) is 1. The molecule has 2 heteroatoms. The van der Waals surface area contributed by atoms with Crippen molar-refractivity contribution in [2.75, 3.05) is 26.7 Å². The average molecular weight is 142 g/mol. The van der Waals surface area contributed by atoms with Gasteiger partial charge in [0.1, 0.15) is 0 Å². The molecule has 1 saturated heterocycles. The summed E-state index contributed by atoms with van der Waals surface area (Å²) >= 11 is 0. The Hall–Kier alpha value is -0.0800. The van der Waals surface area contributed by atoms with Gasteiger partial charge in [-0.25, -0.2) is 0 Å². The monoisotopic (exact) mass is 142 g/mol. The molecule has 0 aromatic heterocycles. The standard InChI is InChI=1S/C8H18N2/c1-8(7-9)3-5-10(2)6-4-8/h3-7,9H2,1-2H3. The molecule has 10 heavy (non-hydrogen) atoms. The zero-order chi connectivity index (χ0) is 7.61. The molecule has 0 amide bonds. The van der Waals surface area contributed by atoms with Crippen LogP contribution in [-0.4, -0.2) is 31.6 Å². The van der Waals surface area contributed by atoms with E-state index < -0.39 is 0 Å². The molecule has 0 atom stereocenters. The third-order valence-corrected chi connectivity index (χ3v) is 2.69. The molecule has 0 radical (unpaired) electrons. The van der Waals surface area contributed by atoms with Crippen molar-refractivity contribution in [2.24, 2.45) is 11.1 Å². The van der Waals surface area contributed by atoms with Crippen molar-refractivity contribution in [3.05, 3.63) is 0 Å². The van der Waals surface area contributed by atoms with Crippen LogP contribution in [0.15, 0.2) is 0 Å². The third-order valence-electron chi connectivity index (χ3n) is 2.69. The van der Waals surface area contributed by atoms with Gasteiger partial charge in [-0.1, -0.05) is 6.92 Å². The second kappa shape index (κ2) is 2.89. The molecule has 60 valence electrons. The molecule has 1 aliphatic heterocycles. The van der Waals surface area contributed by atoms with Gasteiger partial charge in [0.05, 0.1) is 0 Å². The summed E-state index contributed by atoms with van der Waals surface area (Å²) in [4.78, 5) is 2.37. The van der Waals surface area contributed by atoms with Crippen molar-refractivity contribution in [3.8, 4) is 0 Å². The van der Waals surface area contributed by atoms with Crippen LogP contribution in [0.25, 0.3) is 0 Å². The predicted molar refractivity (Wildman–Crippen MR) is 43.9 cm³/mol. The molecule has 0 unspecified atom stereocenters. The molecule has 1 rings (SSSR count). The highest BCUT2D eigenvalue weighted by Crippen LogP contribution is 2.28. The molecule has 0 saturated carbocycles. The van der Waals surface area contributed by atoms with Gasteiger partial charge < -0.3 is 10.6 Å². The SMILES string of the molecule is CN1CCC(C)(CN)CC1. The number of piperidine rings is 1. The van der Waals surface area contributed by atoms with E-state index in [2.05, 4.69) is 18.9 Å². The molecule has 1 fully saturated rings. The quantitative estimate of drug-likeness (QED) is 0.583. The lowest BCUT2D eigenvalue weighted by molar-refractivity contribution is 0.146. The van der Waals surface area contributed by atoms with Crippen molar-refractivity contribution in [2.45, 2.75) is 19.8 Å². The van der Waals surface area contributed by atoms with Gasteiger partial charge in [-0.15, -0.1) is 0 Å². The van der Waals surface area contributed by atoms with E-state index >= 15 is 0 Å². The molecule has 0 spiro atoms. The van der Waals surface area contributed by atoms with Crippen LogP contribution in [0.1, 0.15) is 19.8 Å². The molecule has 2 N–H and O–H groups in total. The van der Waals surface area contributed by atoms with E-state index in [0.29, 0.717) is 5.41 Å². The summed E-state index contributed by atoms with van der Waals surface area (Å²) in [5, 5.41) is 0. The lowest BCUT2D eigenvalue weighted by Gasteiger charge is -2.36. The normalized spacial score (nSPS) is 26.7. The third kappa shape index (κ3) is 1.70. The second-order valence-electron chi connectivity index (χ2n) is 3.82. The molecular weight excluding hydrogens is 124 g/mol. The predicted octanol–water partition coefficient (Wildman–Crippen LogP) is 0.677. The van der Waals surface area contributed by atoms with Gasteiger partial charge in [-0.05, 0) is 44.9 Å². The first-order valence-electron chi connectivity index (χ1n) is 4.05. The molecule has 1 aliphatic rings. The average Bonchev–Trinajstić information content (AvgIpc) is 1.96. The van der Waals surface area contributed by atoms with E-state index in [1.807, 2.05) is 0 Å². The molecule has 2 nitrogen and oxygen atoms in total. The van der Waals surface area contributed by atoms with Crippen molar-refractivity contribution >= 4 is 0 Å². The van der Waals surface area contributed by atoms with Crippen LogP contribution in [0.2, 0.25) is 0 Å². The van der Waals surface area contributed by atoms with Gasteiger partial charge >= 0.3 is 0 Å². The van der Waals surface area contributed by atoms with Gasteiger partial charge in [-0.2, -0.15) is 0 Å². The Morgan fingerprint density at radius 1 is 1.40 bits per heavy atom. The van der Waals surface area contributed by atoms with Crippen molar-refractivity contribution < 1.29 is 0 Å². The van der Waals surface area contributed by atoms with Crippen molar-refractivity contribution in [3.63, 3.8) is 0 Å². The van der Waals surface area contributed by atoms with E-state index in [1.54, 1.807) is 0 Å². The Labute approximate surface area is 63.4 Å². The Bertz CT molecular complexity index is 104. The molecule has 0 aromatic rings. The number of hydrogen-bond donors (Lipinski definition) is 1.